The lowest BCUT2D eigenvalue weighted by Crippen LogP contribution is -2.37. The van der Waals surface area contributed by atoms with Gasteiger partial charge in [0.15, 0.2) is 29.6 Å². The van der Waals surface area contributed by atoms with Gasteiger partial charge < -0.3 is 40.0 Å². The Kier molecular flexibility index (Phi) is 11.5. The largest absolute Gasteiger partial charge is 0.493 e. The van der Waals surface area contributed by atoms with Crippen LogP contribution in [0.4, 0.5) is 0 Å². The van der Waals surface area contributed by atoms with Gasteiger partial charge in [-0.15, -0.1) is 0 Å². The van der Waals surface area contributed by atoms with Gasteiger partial charge in [0.25, 0.3) is 5.91 Å². The van der Waals surface area contributed by atoms with Crippen LogP contribution in [0.1, 0.15) is 5.56 Å². The van der Waals surface area contributed by atoms with Gasteiger partial charge in [0.05, 0.1) is 20.6 Å². The summed E-state index contributed by atoms with van der Waals surface area (Å²) in [7, 11) is 4.61. The van der Waals surface area contributed by atoms with Crippen LogP contribution >= 0.6 is 0 Å². The number of likely N-dealkylation sites (N-methyl/N-ethyl adjacent to an activating group) is 1. The predicted octanol–water partition coefficient (Wildman–Crippen LogP) is 0.517. The van der Waals surface area contributed by atoms with Crippen molar-refractivity contribution >= 4 is 11.8 Å². The van der Waals surface area contributed by atoms with Gasteiger partial charge in [0.2, 0.25) is 5.91 Å². The summed E-state index contributed by atoms with van der Waals surface area (Å²) in [6.07, 6.45) is -0.609. The fourth-order valence-electron chi connectivity index (χ4n) is 3.04. The number of para-hydroxylation sites is 3. The number of rotatable bonds is 15. The molecule has 0 fully saturated rings. The Bertz CT molecular complexity index is 923. The van der Waals surface area contributed by atoms with Crippen LogP contribution in [0.3, 0.4) is 0 Å². The number of hydrogen-bond acceptors (Lipinski definition) is 8. The highest BCUT2D eigenvalue weighted by molar-refractivity contribution is 5.79. The summed E-state index contributed by atoms with van der Waals surface area (Å²) in [5, 5.41) is 18.5. The molecule has 0 aromatic heterocycles. The van der Waals surface area contributed by atoms with Gasteiger partial charge >= 0.3 is 0 Å². The number of benzene rings is 2. The summed E-state index contributed by atoms with van der Waals surface area (Å²) < 4.78 is 21.7. The number of ether oxygens (including phenoxy) is 4. The Hall–Kier alpha value is -3.50. The van der Waals surface area contributed by atoms with Gasteiger partial charge in [-0.05, 0) is 18.2 Å². The molecule has 0 aliphatic rings. The molecule has 1 unspecified atom stereocenters. The number of carbonyl (C=O) groups excluding carboxylic acids is 2. The molecule has 1 atom stereocenters. The molecule has 2 amide bonds. The lowest BCUT2D eigenvalue weighted by atomic mass is 10.1. The van der Waals surface area contributed by atoms with Crippen molar-refractivity contribution in [2.24, 2.45) is 0 Å². The van der Waals surface area contributed by atoms with E-state index >= 15 is 0 Å². The Morgan fingerprint density at radius 2 is 1.62 bits per heavy atom. The summed E-state index contributed by atoms with van der Waals surface area (Å²) >= 11 is 0. The highest BCUT2D eigenvalue weighted by Crippen LogP contribution is 2.30. The van der Waals surface area contributed by atoms with Crippen molar-refractivity contribution in [3.63, 3.8) is 0 Å². The fourth-order valence-corrected chi connectivity index (χ4v) is 3.04. The summed E-state index contributed by atoms with van der Waals surface area (Å²) in [5.41, 5.74) is 0.736. The van der Waals surface area contributed by atoms with Gasteiger partial charge in [0, 0.05) is 32.2 Å². The molecule has 34 heavy (non-hydrogen) atoms. The third-order valence-corrected chi connectivity index (χ3v) is 4.76. The van der Waals surface area contributed by atoms with Gasteiger partial charge in [-0.25, -0.2) is 0 Å². The molecule has 0 aliphatic heterocycles. The van der Waals surface area contributed by atoms with Crippen LogP contribution in [0.2, 0.25) is 0 Å². The smallest absolute Gasteiger partial charge is 0.257 e. The van der Waals surface area contributed by atoms with E-state index < -0.39 is 6.10 Å². The monoisotopic (exact) mass is 475 g/mol. The Morgan fingerprint density at radius 3 is 2.29 bits per heavy atom. The molecule has 10 nitrogen and oxygen atoms in total. The van der Waals surface area contributed by atoms with Crippen LogP contribution in [0.5, 0.6) is 23.0 Å². The second-order valence-corrected chi connectivity index (χ2v) is 7.26. The molecule has 2 aromatic rings. The van der Waals surface area contributed by atoms with Gasteiger partial charge in [-0.2, -0.15) is 0 Å². The third-order valence-electron chi connectivity index (χ3n) is 4.76. The zero-order valence-corrected chi connectivity index (χ0v) is 19.8. The molecule has 0 saturated carbocycles. The molecule has 4 N–H and O–H groups in total. The van der Waals surface area contributed by atoms with E-state index in [2.05, 4.69) is 16.0 Å². The minimum absolute atomic E-state index is 0.0370. The average Bonchev–Trinajstić information content (AvgIpc) is 2.85. The maximum absolute atomic E-state index is 12.2. The SMILES string of the molecule is CNC(=O)COc1ccccc1OCC(O)CNCCNC(=O)Cc1cccc(OC)c1OC. The standard InChI is InChI=1S/C24H33N3O7/c1-25-23(30)16-34-20-9-5-4-8-19(20)33-15-18(28)14-26-11-12-27-22(29)13-17-7-6-10-21(31-2)24(17)32-3/h4-10,18,26,28H,11-16H2,1-3H3,(H,25,30)(H,27,29). The number of nitrogens with one attached hydrogen (secondary N) is 3. The molecule has 0 radical (unpaired) electrons. The Balaban J connectivity index is 1.67. The Morgan fingerprint density at radius 1 is 0.912 bits per heavy atom. The second kappa shape index (κ2) is 14.6. The van der Waals surface area contributed by atoms with Crippen molar-refractivity contribution in [1.82, 2.24) is 16.0 Å². The van der Waals surface area contributed by atoms with Crippen LogP contribution in [0.15, 0.2) is 42.5 Å². The van der Waals surface area contributed by atoms with E-state index in [-0.39, 0.29) is 38.0 Å². The van der Waals surface area contributed by atoms with E-state index in [9.17, 15) is 14.7 Å². The first kappa shape index (κ1) is 26.7. The minimum Gasteiger partial charge on any atom is -0.493 e. The summed E-state index contributed by atoms with van der Waals surface area (Å²) in [5.74, 6) is 1.57. The van der Waals surface area contributed by atoms with Gasteiger partial charge in [0.1, 0.15) is 12.7 Å². The fraction of sp³-hybridized carbons (Fsp3) is 0.417. The summed E-state index contributed by atoms with van der Waals surface area (Å²) in [4.78, 5) is 23.6. The number of amides is 2. The number of carbonyl (C=O) groups is 2. The lowest BCUT2D eigenvalue weighted by molar-refractivity contribution is -0.122. The maximum Gasteiger partial charge on any atom is 0.257 e. The van der Waals surface area contributed by atoms with Crippen LogP contribution < -0.4 is 34.9 Å². The van der Waals surface area contributed by atoms with Gasteiger partial charge in [-0.3, -0.25) is 9.59 Å². The minimum atomic E-state index is -0.774. The zero-order valence-electron chi connectivity index (χ0n) is 19.8. The number of aliphatic hydroxyl groups excluding tert-OH is 1. The van der Waals surface area contributed by atoms with Gasteiger partial charge in [-0.1, -0.05) is 24.3 Å². The van der Waals surface area contributed by atoms with Crippen LogP contribution in [0.25, 0.3) is 0 Å². The van der Waals surface area contributed by atoms with Crippen molar-refractivity contribution in [2.45, 2.75) is 12.5 Å². The Labute approximate surface area is 199 Å². The van der Waals surface area contributed by atoms with Crippen LogP contribution in [-0.4, -0.2) is 77.1 Å². The molecular weight excluding hydrogens is 442 g/mol. The molecule has 0 saturated heterocycles. The third kappa shape index (κ3) is 8.80. The van der Waals surface area contributed by atoms with Crippen molar-refractivity contribution in [1.29, 1.82) is 0 Å². The summed E-state index contributed by atoms with van der Waals surface area (Å²) in [6.45, 7) is 1.06. The van der Waals surface area contributed by atoms with E-state index in [1.54, 1.807) is 43.5 Å². The molecule has 186 valence electrons. The quantitative estimate of drug-likeness (QED) is 0.275. The molecule has 0 heterocycles. The van der Waals surface area contributed by atoms with Crippen LogP contribution in [-0.2, 0) is 16.0 Å². The van der Waals surface area contributed by atoms with E-state index in [0.717, 1.165) is 5.56 Å². The van der Waals surface area contributed by atoms with Crippen LogP contribution in [0, 0.1) is 0 Å². The predicted molar refractivity (Wildman–Crippen MR) is 127 cm³/mol. The maximum atomic E-state index is 12.2. The van der Waals surface area contributed by atoms with Crippen molar-refractivity contribution in [3.8, 4) is 23.0 Å². The zero-order chi connectivity index (χ0) is 24.8. The molecule has 0 bridgehead atoms. The number of methoxy groups -OCH3 is 2. The first-order valence-electron chi connectivity index (χ1n) is 10.9. The lowest BCUT2D eigenvalue weighted by Gasteiger charge is -2.16. The number of hydrogen-bond donors (Lipinski definition) is 4. The first-order valence-corrected chi connectivity index (χ1v) is 10.9. The van der Waals surface area contributed by atoms with E-state index in [1.165, 1.54) is 14.2 Å². The molecular formula is C24H33N3O7. The average molecular weight is 476 g/mol. The second-order valence-electron chi connectivity index (χ2n) is 7.26. The molecule has 0 aliphatic carbocycles. The van der Waals surface area contributed by atoms with E-state index in [0.29, 0.717) is 36.1 Å². The normalized spacial score (nSPS) is 11.3. The highest BCUT2D eigenvalue weighted by Gasteiger charge is 2.13. The topological polar surface area (TPSA) is 127 Å². The first-order chi connectivity index (χ1) is 16.5. The summed E-state index contributed by atoms with van der Waals surface area (Å²) in [6, 6.07) is 12.3. The molecule has 2 rings (SSSR count). The number of aliphatic hydroxyl groups is 1. The van der Waals surface area contributed by atoms with E-state index in [4.69, 9.17) is 18.9 Å². The van der Waals surface area contributed by atoms with Crippen molar-refractivity contribution in [3.05, 3.63) is 48.0 Å². The molecule has 10 heteroatoms. The molecule has 2 aromatic carbocycles. The molecule has 0 spiro atoms. The van der Waals surface area contributed by atoms with Crippen molar-refractivity contribution in [2.75, 3.05) is 54.1 Å². The highest BCUT2D eigenvalue weighted by atomic mass is 16.5. The van der Waals surface area contributed by atoms with E-state index in [1.807, 2.05) is 6.07 Å². The van der Waals surface area contributed by atoms with Crippen molar-refractivity contribution < 1.29 is 33.6 Å².